The summed E-state index contributed by atoms with van der Waals surface area (Å²) in [5.41, 5.74) is 5.45. The lowest BCUT2D eigenvalue weighted by Gasteiger charge is -2.30. The van der Waals surface area contributed by atoms with Gasteiger partial charge >= 0.3 is 6.09 Å². The Bertz CT molecular complexity index is 2100. The average Bonchev–Trinajstić information content (AvgIpc) is 4.05. The molecule has 14 heteroatoms. The van der Waals surface area contributed by atoms with Crippen LogP contribution < -0.4 is 5.32 Å². The second-order valence-electron chi connectivity index (χ2n) is 14.7. The van der Waals surface area contributed by atoms with Gasteiger partial charge in [-0.05, 0) is 53.9 Å². The zero-order valence-corrected chi connectivity index (χ0v) is 30.6. The summed E-state index contributed by atoms with van der Waals surface area (Å²) in [7, 11) is 1.29. The van der Waals surface area contributed by atoms with Gasteiger partial charge in [-0.1, -0.05) is 62.4 Å². The molecule has 4 atom stereocenters. The van der Waals surface area contributed by atoms with Gasteiger partial charge in [0.1, 0.15) is 17.7 Å². The summed E-state index contributed by atoms with van der Waals surface area (Å²) < 4.78 is 16.3. The lowest BCUT2D eigenvalue weighted by Crippen LogP contribution is -2.51. The number of carbonyl (C=O) groups excluding carboxylic acids is 3. The van der Waals surface area contributed by atoms with E-state index in [0.29, 0.717) is 26.1 Å². The fraction of sp³-hybridized carbons (Fsp3) is 0.400. The summed E-state index contributed by atoms with van der Waals surface area (Å²) in [6, 6.07) is 15.4. The van der Waals surface area contributed by atoms with Gasteiger partial charge in [0.25, 0.3) is 5.91 Å². The summed E-state index contributed by atoms with van der Waals surface area (Å²) in [5.74, 6) is 1.20. The molecule has 0 saturated carbocycles. The molecule has 0 radical (unpaired) electrons. The molecule has 3 N–H and O–H groups in total. The van der Waals surface area contributed by atoms with Gasteiger partial charge in [0.05, 0.1) is 61.3 Å². The number of methoxy groups -OCH3 is 1. The van der Waals surface area contributed by atoms with Crippen molar-refractivity contribution in [1.29, 1.82) is 0 Å². The van der Waals surface area contributed by atoms with Crippen LogP contribution in [0.3, 0.4) is 0 Å². The summed E-state index contributed by atoms with van der Waals surface area (Å²) in [6.07, 6.45) is 9.91. The van der Waals surface area contributed by atoms with Crippen LogP contribution in [0, 0.1) is 5.92 Å². The maximum atomic E-state index is 13.5. The zero-order valence-electron chi connectivity index (χ0n) is 30.6. The summed E-state index contributed by atoms with van der Waals surface area (Å²) in [4.78, 5) is 62.8. The molecule has 2 aromatic carbocycles. The lowest BCUT2D eigenvalue weighted by atomic mass is 9.96. The number of nitrogens with one attached hydrogen (secondary N) is 3. The van der Waals surface area contributed by atoms with E-state index in [-0.39, 0.29) is 41.2 Å². The van der Waals surface area contributed by atoms with Crippen LogP contribution in [-0.4, -0.2) is 91.1 Å². The maximum absolute atomic E-state index is 13.5. The van der Waals surface area contributed by atoms with E-state index in [1.807, 2.05) is 24.9 Å². The number of carbonyl (C=O) groups is 3. The quantitative estimate of drug-likeness (QED) is 0.157. The molecule has 14 nitrogen and oxygen atoms in total. The number of alkyl carbamates (subject to hydrolysis) is 1. The molecule has 280 valence electrons. The molecule has 54 heavy (non-hydrogen) atoms. The highest BCUT2D eigenvalue weighted by Gasteiger charge is 2.50. The Morgan fingerprint density at radius 2 is 1.50 bits per heavy atom. The Morgan fingerprint density at radius 1 is 0.870 bits per heavy atom. The number of amides is 3. The van der Waals surface area contributed by atoms with Gasteiger partial charge in [0.15, 0.2) is 6.39 Å². The molecule has 3 fully saturated rings. The first-order chi connectivity index (χ1) is 26.2. The third-order valence-electron chi connectivity index (χ3n) is 11.0. The first kappa shape index (κ1) is 35.3. The normalized spacial score (nSPS) is 21.6. The second kappa shape index (κ2) is 14.6. The molecule has 3 aliphatic heterocycles. The maximum Gasteiger partial charge on any atom is 0.407 e. The van der Waals surface area contributed by atoms with Crippen molar-refractivity contribution >= 4 is 17.9 Å². The summed E-state index contributed by atoms with van der Waals surface area (Å²) >= 11 is 0. The van der Waals surface area contributed by atoms with Crippen LogP contribution in [-0.2, 0) is 14.3 Å². The van der Waals surface area contributed by atoms with Gasteiger partial charge < -0.3 is 39.0 Å². The summed E-state index contributed by atoms with van der Waals surface area (Å²) in [6.45, 7) is 5.59. The highest BCUT2D eigenvalue weighted by Crippen LogP contribution is 2.45. The molecule has 0 aliphatic carbocycles. The first-order valence-corrected chi connectivity index (χ1v) is 18.5. The van der Waals surface area contributed by atoms with Gasteiger partial charge in [-0.2, -0.15) is 0 Å². The molecule has 0 unspecified atom stereocenters. The third kappa shape index (κ3) is 6.77. The second-order valence-corrected chi connectivity index (χ2v) is 14.7. The van der Waals surface area contributed by atoms with Crippen LogP contribution in [0.2, 0.25) is 0 Å². The van der Waals surface area contributed by atoms with Gasteiger partial charge in [0.2, 0.25) is 11.7 Å². The number of nitrogens with zero attached hydrogens (tertiary/aromatic N) is 5. The first-order valence-electron chi connectivity index (χ1n) is 18.5. The average molecular weight is 733 g/mol. The molecule has 0 bridgehead atoms. The molecule has 1 spiro atoms. The highest BCUT2D eigenvalue weighted by molar-refractivity contribution is 5.91. The van der Waals surface area contributed by atoms with E-state index in [1.165, 1.54) is 19.7 Å². The lowest BCUT2D eigenvalue weighted by molar-refractivity contribution is -0.135. The fourth-order valence-corrected chi connectivity index (χ4v) is 8.09. The van der Waals surface area contributed by atoms with Crippen molar-refractivity contribution in [2.75, 3.05) is 26.8 Å². The number of aromatic nitrogens is 5. The Hall–Kier alpha value is -5.76. The van der Waals surface area contributed by atoms with Gasteiger partial charge in [-0.3, -0.25) is 9.59 Å². The Morgan fingerprint density at radius 3 is 2.06 bits per heavy atom. The number of H-pyrrole nitrogens is 2. The number of ether oxygens (including phenoxy) is 2. The predicted octanol–water partition coefficient (Wildman–Crippen LogP) is 6.30. The number of oxazole rings is 1. The van der Waals surface area contributed by atoms with Crippen LogP contribution in [0.4, 0.5) is 4.79 Å². The highest BCUT2D eigenvalue weighted by atomic mass is 16.5. The van der Waals surface area contributed by atoms with Crippen LogP contribution in [0.15, 0.2) is 77.9 Å². The fourth-order valence-electron chi connectivity index (χ4n) is 8.09. The van der Waals surface area contributed by atoms with Gasteiger partial charge in [-0.25, -0.2) is 19.7 Å². The van der Waals surface area contributed by atoms with Crippen LogP contribution in [0.1, 0.15) is 80.2 Å². The number of hydrogen-bond donors (Lipinski definition) is 3. The van der Waals surface area contributed by atoms with E-state index in [1.54, 1.807) is 11.1 Å². The molecular formula is C40H44N8O6. The van der Waals surface area contributed by atoms with E-state index >= 15 is 0 Å². The molecule has 3 amide bonds. The van der Waals surface area contributed by atoms with Crippen LogP contribution >= 0.6 is 0 Å². The molecule has 8 rings (SSSR count). The standard InChI is InChI=1S/C40H44N8O6/c1-24(2)34(46-39(51)52-3)38(50)47-16-4-6-31(47)35-42-19-29(44-35)27-11-7-25(8-12-27)26-9-13-28(14-10-26)30-20-43-36(45-30)32-18-40(15-5-17-54-40)22-48(32)37(49)33-21-41-23-53-33/h7-14,19-21,23-24,31-32,34H,4-6,15-18,22H2,1-3H3,(H,42,44)(H,43,45)(H,46,51)/t31-,32-,34-,40-/m0/s1. The van der Waals surface area contributed by atoms with Gasteiger partial charge in [-0.15, -0.1) is 0 Å². The molecule has 3 saturated heterocycles. The Labute approximate surface area is 312 Å². The van der Waals surface area contributed by atoms with E-state index in [2.05, 4.69) is 73.8 Å². The van der Waals surface area contributed by atoms with E-state index < -0.39 is 12.1 Å². The van der Waals surface area contributed by atoms with Crippen molar-refractivity contribution < 1.29 is 28.3 Å². The number of aromatic amines is 2. The molecule has 6 heterocycles. The van der Waals surface area contributed by atoms with Crippen molar-refractivity contribution in [2.24, 2.45) is 5.92 Å². The number of rotatable bonds is 9. The van der Waals surface area contributed by atoms with E-state index in [9.17, 15) is 14.4 Å². The van der Waals surface area contributed by atoms with Crippen molar-refractivity contribution in [1.82, 2.24) is 40.0 Å². The van der Waals surface area contributed by atoms with E-state index in [0.717, 1.165) is 71.0 Å². The minimum absolute atomic E-state index is 0.101. The number of imidazole rings is 2. The minimum Gasteiger partial charge on any atom is -0.453 e. The van der Waals surface area contributed by atoms with Crippen molar-refractivity contribution in [3.8, 4) is 33.6 Å². The van der Waals surface area contributed by atoms with Crippen molar-refractivity contribution in [3.63, 3.8) is 0 Å². The number of likely N-dealkylation sites (tertiary alicyclic amines) is 2. The SMILES string of the molecule is COC(=O)N[C@H](C(=O)N1CCC[C@H]1c1ncc(-c2ccc(-c3ccc(-c4cnc([C@@H]5C[C@@]6(CCCO6)CN5C(=O)c5cnco5)[nH]4)cc3)cc2)[nH]1)C(C)C. The molecule has 3 aromatic heterocycles. The number of hydrogen-bond acceptors (Lipinski definition) is 9. The summed E-state index contributed by atoms with van der Waals surface area (Å²) in [5, 5.41) is 2.70. The predicted molar refractivity (Wildman–Crippen MR) is 198 cm³/mol. The van der Waals surface area contributed by atoms with Gasteiger partial charge in [0, 0.05) is 19.6 Å². The van der Waals surface area contributed by atoms with Crippen LogP contribution in [0.25, 0.3) is 33.6 Å². The smallest absolute Gasteiger partial charge is 0.407 e. The zero-order chi connectivity index (χ0) is 37.4. The number of benzene rings is 2. The largest absolute Gasteiger partial charge is 0.453 e. The molecule has 3 aliphatic rings. The topological polar surface area (TPSA) is 172 Å². The van der Waals surface area contributed by atoms with Crippen molar-refractivity contribution in [2.45, 2.75) is 69.7 Å². The van der Waals surface area contributed by atoms with Crippen LogP contribution in [0.5, 0.6) is 0 Å². The minimum atomic E-state index is -0.683. The third-order valence-corrected chi connectivity index (χ3v) is 11.0. The van der Waals surface area contributed by atoms with Crippen molar-refractivity contribution in [3.05, 3.63) is 90.9 Å². The van der Waals surface area contributed by atoms with E-state index in [4.69, 9.17) is 18.9 Å². The Kier molecular flexibility index (Phi) is 9.52. The monoisotopic (exact) mass is 732 g/mol. The Balaban J connectivity index is 0.942. The molecule has 5 aromatic rings. The molecular weight excluding hydrogens is 688 g/mol.